The van der Waals surface area contributed by atoms with Crippen molar-refractivity contribution in [2.45, 2.75) is 44.6 Å². The van der Waals surface area contributed by atoms with E-state index < -0.39 is 0 Å². The molecule has 0 heterocycles. The molecule has 0 saturated heterocycles. The molecular weight excluding hydrogens is 206 g/mol. The lowest BCUT2D eigenvalue weighted by Gasteiger charge is -2.23. The lowest BCUT2D eigenvalue weighted by atomic mass is 9.82. The minimum Gasteiger partial charge on any atom is -0.468 e. The number of fused-ring (bicyclic) bond motifs is 1. The quantitative estimate of drug-likeness (QED) is 0.639. The zero-order valence-electron chi connectivity index (χ0n) is 9.74. The predicted molar refractivity (Wildman–Crippen MR) is 65.8 cm³/mol. The molecule has 15 heavy (non-hydrogen) atoms. The Morgan fingerprint density at radius 2 is 1.67 bits per heavy atom. The molecule has 2 atom stereocenters. The van der Waals surface area contributed by atoms with E-state index in [0.717, 1.165) is 11.8 Å². The summed E-state index contributed by atoms with van der Waals surface area (Å²) in [5.74, 6) is 1.85. The van der Waals surface area contributed by atoms with Crippen LogP contribution in [0.1, 0.15) is 38.5 Å². The molecule has 2 aliphatic rings. The van der Waals surface area contributed by atoms with Crippen molar-refractivity contribution in [3.63, 3.8) is 0 Å². The van der Waals surface area contributed by atoms with Gasteiger partial charge in [0.15, 0.2) is 0 Å². The third-order valence-electron chi connectivity index (χ3n) is 3.83. The molecule has 0 spiro atoms. The van der Waals surface area contributed by atoms with Gasteiger partial charge < -0.3 is 9.64 Å². The zero-order chi connectivity index (χ0) is 10.8. The van der Waals surface area contributed by atoms with Crippen LogP contribution in [0, 0.1) is 11.8 Å². The van der Waals surface area contributed by atoms with E-state index in [0.29, 0.717) is 11.3 Å². The second-order valence-electron chi connectivity index (χ2n) is 5.18. The van der Waals surface area contributed by atoms with Crippen molar-refractivity contribution in [2.75, 3.05) is 14.1 Å². The second-order valence-corrected chi connectivity index (χ2v) is 5.53. The monoisotopic (exact) mass is 227 g/mol. The van der Waals surface area contributed by atoms with Crippen LogP contribution in [0.15, 0.2) is 0 Å². The fraction of sp³-hybridized carbons (Fsp3) is 0.917. The fourth-order valence-electron chi connectivity index (χ4n) is 3.02. The standard InChI is InChI=1S/C12H21NOS/c1-13(2)12(15)14-11-7-9-5-3-4-6-10(9)8-11/h9-11H,3-8H2,1-2H3. The number of hydrogen-bond acceptors (Lipinski definition) is 2. The van der Waals surface area contributed by atoms with Gasteiger partial charge in [-0.05, 0) is 36.9 Å². The van der Waals surface area contributed by atoms with Crippen LogP contribution in [-0.4, -0.2) is 30.3 Å². The molecule has 0 aromatic heterocycles. The number of rotatable bonds is 1. The summed E-state index contributed by atoms with van der Waals surface area (Å²) in [6.07, 6.45) is 8.54. The summed E-state index contributed by atoms with van der Waals surface area (Å²) >= 11 is 5.18. The van der Waals surface area contributed by atoms with Crippen molar-refractivity contribution in [2.24, 2.45) is 11.8 Å². The molecule has 0 amide bonds. The Morgan fingerprint density at radius 1 is 1.13 bits per heavy atom. The SMILES string of the molecule is CN(C)C(=S)OC1CC2CCCCC2C1. The molecule has 2 nitrogen and oxygen atoms in total. The number of nitrogens with zero attached hydrogens (tertiary/aromatic N) is 1. The van der Waals surface area contributed by atoms with Gasteiger partial charge in [-0.25, -0.2) is 0 Å². The van der Waals surface area contributed by atoms with Crippen LogP contribution < -0.4 is 0 Å². The Morgan fingerprint density at radius 3 is 2.13 bits per heavy atom. The van der Waals surface area contributed by atoms with Gasteiger partial charge in [0.1, 0.15) is 6.10 Å². The number of ether oxygens (including phenoxy) is 1. The van der Waals surface area contributed by atoms with Crippen LogP contribution >= 0.6 is 12.2 Å². The van der Waals surface area contributed by atoms with E-state index >= 15 is 0 Å². The molecule has 0 bridgehead atoms. The Bertz CT molecular complexity index is 228. The minimum atomic E-state index is 0.396. The highest BCUT2D eigenvalue weighted by molar-refractivity contribution is 7.80. The van der Waals surface area contributed by atoms with Gasteiger partial charge in [0.25, 0.3) is 5.17 Å². The van der Waals surface area contributed by atoms with Gasteiger partial charge in [0.05, 0.1) is 0 Å². The maximum atomic E-state index is 5.82. The molecule has 2 rings (SSSR count). The molecule has 86 valence electrons. The first-order valence-electron chi connectivity index (χ1n) is 6.04. The molecule has 0 radical (unpaired) electrons. The van der Waals surface area contributed by atoms with Gasteiger partial charge in [-0.3, -0.25) is 0 Å². The largest absolute Gasteiger partial charge is 0.468 e. The molecule has 0 aromatic rings. The maximum absolute atomic E-state index is 5.82. The summed E-state index contributed by atoms with van der Waals surface area (Å²) in [5.41, 5.74) is 0. The van der Waals surface area contributed by atoms with E-state index in [-0.39, 0.29) is 0 Å². The fourth-order valence-corrected chi connectivity index (χ4v) is 3.16. The van der Waals surface area contributed by atoms with Crippen molar-refractivity contribution in [3.05, 3.63) is 0 Å². The van der Waals surface area contributed by atoms with Crippen molar-refractivity contribution in [3.8, 4) is 0 Å². The van der Waals surface area contributed by atoms with E-state index in [1.807, 2.05) is 19.0 Å². The Kier molecular flexibility index (Phi) is 3.49. The summed E-state index contributed by atoms with van der Waals surface area (Å²) in [4.78, 5) is 1.89. The Balaban J connectivity index is 1.84. The first-order chi connectivity index (χ1) is 7.16. The summed E-state index contributed by atoms with van der Waals surface area (Å²) in [5, 5.41) is 0.652. The highest BCUT2D eigenvalue weighted by Crippen LogP contribution is 2.43. The van der Waals surface area contributed by atoms with Crippen LogP contribution in [0.3, 0.4) is 0 Å². The number of hydrogen-bond donors (Lipinski definition) is 0. The Labute approximate surface area is 98.0 Å². The lowest BCUT2D eigenvalue weighted by molar-refractivity contribution is 0.168. The first kappa shape index (κ1) is 11.2. The summed E-state index contributed by atoms with van der Waals surface area (Å²) in [6, 6.07) is 0. The molecule has 0 aliphatic heterocycles. The van der Waals surface area contributed by atoms with Gasteiger partial charge in [-0.2, -0.15) is 0 Å². The smallest absolute Gasteiger partial charge is 0.259 e. The van der Waals surface area contributed by atoms with Crippen LogP contribution in [0.4, 0.5) is 0 Å². The average Bonchev–Trinajstić information content (AvgIpc) is 2.59. The Hall–Kier alpha value is -0.310. The van der Waals surface area contributed by atoms with Crippen LogP contribution in [-0.2, 0) is 4.74 Å². The third kappa shape index (κ3) is 2.63. The second kappa shape index (κ2) is 4.69. The molecule has 0 N–H and O–H groups in total. The third-order valence-corrected chi connectivity index (χ3v) is 4.29. The first-order valence-corrected chi connectivity index (χ1v) is 6.45. The summed E-state index contributed by atoms with van der Waals surface area (Å²) in [7, 11) is 3.90. The van der Waals surface area contributed by atoms with Crippen molar-refractivity contribution >= 4 is 17.4 Å². The highest BCUT2D eigenvalue weighted by atomic mass is 32.1. The predicted octanol–water partition coefficient (Wildman–Crippen LogP) is 2.82. The average molecular weight is 227 g/mol. The molecule has 2 aliphatic carbocycles. The van der Waals surface area contributed by atoms with Gasteiger partial charge in [-0.15, -0.1) is 0 Å². The van der Waals surface area contributed by atoms with E-state index in [9.17, 15) is 0 Å². The topological polar surface area (TPSA) is 12.5 Å². The highest BCUT2D eigenvalue weighted by Gasteiger charge is 2.37. The summed E-state index contributed by atoms with van der Waals surface area (Å²) < 4.78 is 5.82. The van der Waals surface area contributed by atoms with Crippen molar-refractivity contribution < 1.29 is 4.74 Å². The normalized spacial score (nSPS) is 34.7. The lowest BCUT2D eigenvalue weighted by Crippen LogP contribution is -2.26. The van der Waals surface area contributed by atoms with E-state index in [1.165, 1.54) is 38.5 Å². The van der Waals surface area contributed by atoms with Crippen LogP contribution in [0.25, 0.3) is 0 Å². The van der Waals surface area contributed by atoms with Gasteiger partial charge in [0.2, 0.25) is 0 Å². The van der Waals surface area contributed by atoms with Gasteiger partial charge in [-0.1, -0.05) is 25.7 Å². The van der Waals surface area contributed by atoms with Gasteiger partial charge >= 0.3 is 0 Å². The molecule has 2 fully saturated rings. The molecule has 2 saturated carbocycles. The zero-order valence-corrected chi connectivity index (χ0v) is 10.6. The van der Waals surface area contributed by atoms with E-state index in [2.05, 4.69) is 0 Å². The molecule has 0 aromatic carbocycles. The van der Waals surface area contributed by atoms with E-state index in [1.54, 1.807) is 0 Å². The van der Waals surface area contributed by atoms with Crippen LogP contribution in [0.2, 0.25) is 0 Å². The van der Waals surface area contributed by atoms with Crippen molar-refractivity contribution in [1.29, 1.82) is 0 Å². The number of thiocarbonyl (C=S) groups is 1. The summed E-state index contributed by atoms with van der Waals surface area (Å²) in [6.45, 7) is 0. The molecule has 3 heteroatoms. The van der Waals surface area contributed by atoms with Crippen molar-refractivity contribution in [1.82, 2.24) is 4.90 Å². The molecule has 2 unspecified atom stereocenters. The van der Waals surface area contributed by atoms with Gasteiger partial charge in [0, 0.05) is 14.1 Å². The van der Waals surface area contributed by atoms with Crippen LogP contribution in [0.5, 0.6) is 0 Å². The van der Waals surface area contributed by atoms with E-state index in [4.69, 9.17) is 17.0 Å². The molecular formula is C12H21NOS. The maximum Gasteiger partial charge on any atom is 0.259 e. The minimum absolute atomic E-state index is 0.396.